The molecule has 3 N–H and O–H groups in total. The first-order valence-corrected chi connectivity index (χ1v) is 13.6. The van der Waals surface area contributed by atoms with Gasteiger partial charge in [0.1, 0.15) is 5.82 Å². The molecule has 39 heavy (non-hydrogen) atoms. The number of aromatic nitrogens is 2. The highest BCUT2D eigenvalue weighted by Crippen LogP contribution is 2.22. The zero-order valence-electron chi connectivity index (χ0n) is 20.7. The van der Waals surface area contributed by atoms with E-state index in [0.717, 1.165) is 17.7 Å². The van der Waals surface area contributed by atoms with Crippen molar-refractivity contribution in [1.82, 2.24) is 19.6 Å². The van der Waals surface area contributed by atoms with Crippen molar-refractivity contribution in [2.75, 3.05) is 30.3 Å². The van der Waals surface area contributed by atoms with E-state index < -0.39 is 34.3 Å². The number of anilines is 3. The fourth-order valence-electron chi connectivity index (χ4n) is 4.05. The smallest absolute Gasteiger partial charge is 0.350 e. The molecule has 1 aliphatic rings. The number of sulfonamides is 1. The van der Waals surface area contributed by atoms with E-state index in [4.69, 9.17) is 0 Å². The maximum atomic E-state index is 13.4. The zero-order valence-corrected chi connectivity index (χ0v) is 21.5. The minimum absolute atomic E-state index is 0.0831. The average Bonchev–Trinajstić information content (AvgIpc) is 2.89. The van der Waals surface area contributed by atoms with Crippen molar-refractivity contribution in [1.29, 1.82) is 0 Å². The second-order valence-electron chi connectivity index (χ2n) is 9.12. The molecule has 1 fully saturated rings. The van der Waals surface area contributed by atoms with Gasteiger partial charge in [-0.2, -0.15) is 18.2 Å². The van der Waals surface area contributed by atoms with Gasteiger partial charge in [-0.25, -0.2) is 26.9 Å². The summed E-state index contributed by atoms with van der Waals surface area (Å²) in [6.45, 7) is 0.998. The van der Waals surface area contributed by atoms with E-state index >= 15 is 0 Å². The quantitative estimate of drug-likeness (QED) is 0.301. The molecule has 8 nitrogen and oxygen atoms in total. The van der Waals surface area contributed by atoms with Crippen LogP contribution in [0, 0.1) is 11.6 Å². The summed E-state index contributed by atoms with van der Waals surface area (Å²) >= 11 is 0. The Kier molecular flexibility index (Phi) is 8.97. The molecule has 3 aromatic rings. The highest BCUT2D eigenvalue weighted by molar-refractivity contribution is 7.89. The minimum atomic E-state index is -4.21. The van der Waals surface area contributed by atoms with Gasteiger partial charge in [0.2, 0.25) is 16.0 Å². The van der Waals surface area contributed by atoms with E-state index in [-0.39, 0.29) is 23.4 Å². The number of halogens is 5. The van der Waals surface area contributed by atoms with Crippen molar-refractivity contribution < 1.29 is 30.4 Å². The van der Waals surface area contributed by atoms with Gasteiger partial charge in [-0.1, -0.05) is 12.1 Å². The SMILES string of the molecule is O=S(=O)(NC1CCN(CCC(F)(F)F)CC1)c1ccc(CNc2nccc(Nc3ccc(F)c(F)c3)n2)cc1. The highest BCUT2D eigenvalue weighted by Gasteiger charge is 2.30. The van der Waals surface area contributed by atoms with Crippen molar-refractivity contribution in [3.05, 3.63) is 71.9 Å². The monoisotopic (exact) mass is 570 g/mol. The number of hydrogen-bond donors (Lipinski definition) is 3. The lowest BCUT2D eigenvalue weighted by Gasteiger charge is -2.32. The van der Waals surface area contributed by atoms with Gasteiger partial charge in [0.15, 0.2) is 11.6 Å². The van der Waals surface area contributed by atoms with Crippen LogP contribution in [-0.4, -0.2) is 55.1 Å². The number of likely N-dealkylation sites (tertiary alicyclic amines) is 1. The Morgan fingerprint density at radius 3 is 2.36 bits per heavy atom. The summed E-state index contributed by atoms with van der Waals surface area (Å²) in [5.74, 6) is -1.32. The lowest BCUT2D eigenvalue weighted by atomic mass is 10.1. The van der Waals surface area contributed by atoms with Crippen LogP contribution in [0.4, 0.5) is 39.4 Å². The molecule has 1 aromatic heterocycles. The lowest BCUT2D eigenvalue weighted by molar-refractivity contribution is -0.138. The molecular weight excluding hydrogens is 543 g/mol. The molecule has 14 heteroatoms. The molecule has 0 aliphatic carbocycles. The molecule has 0 atom stereocenters. The summed E-state index contributed by atoms with van der Waals surface area (Å²) < 4.78 is 92.1. The third-order valence-electron chi connectivity index (χ3n) is 6.15. The number of benzene rings is 2. The normalized spacial score (nSPS) is 15.3. The van der Waals surface area contributed by atoms with E-state index in [1.807, 2.05) is 0 Å². The van der Waals surface area contributed by atoms with E-state index in [2.05, 4.69) is 25.3 Å². The Morgan fingerprint density at radius 1 is 0.974 bits per heavy atom. The van der Waals surface area contributed by atoms with Crippen molar-refractivity contribution in [2.24, 2.45) is 0 Å². The Labute approximate surface area is 222 Å². The van der Waals surface area contributed by atoms with Crippen LogP contribution in [-0.2, 0) is 16.6 Å². The second-order valence-corrected chi connectivity index (χ2v) is 10.8. The number of nitrogens with one attached hydrogen (secondary N) is 3. The molecule has 1 saturated heterocycles. The topological polar surface area (TPSA) is 99.3 Å². The molecule has 0 spiro atoms. The average molecular weight is 571 g/mol. The largest absolute Gasteiger partial charge is 0.390 e. The first-order valence-electron chi connectivity index (χ1n) is 12.2. The first kappa shape index (κ1) is 28.6. The van der Waals surface area contributed by atoms with Crippen LogP contribution < -0.4 is 15.4 Å². The van der Waals surface area contributed by atoms with Crippen molar-refractivity contribution in [2.45, 2.75) is 42.9 Å². The molecule has 0 unspecified atom stereocenters. The van der Waals surface area contributed by atoms with Crippen LogP contribution in [0.25, 0.3) is 0 Å². The summed E-state index contributed by atoms with van der Waals surface area (Å²) in [5.41, 5.74) is 1.07. The van der Waals surface area contributed by atoms with Gasteiger partial charge in [0.25, 0.3) is 0 Å². The number of nitrogens with zero attached hydrogens (tertiary/aromatic N) is 3. The van der Waals surface area contributed by atoms with Gasteiger partial charge in [-0.3, -0.25) is 0 Å². The highest BCUT2D eigenvalue weighted by atomic mass is 32.2. The van der Waals surface area contributed by atoms with Gasteiger partial charge < -0.3 is 15.5 Å². The summed E-state index contributed by atoms with van der Waals surface area (Å²) in [5, 5.41) is 5.88. The predicted molar refractivity (Wildman–Crippen MR) is 136 cm³/mol. The van der Waals surface area contributed by atoms with E-state index in [9.17, 15) is 30.4 Å². The zero-order chi connectivity index (χ0) is 28.0. The second kappa shape index (κ2) is 12.2. The van der Waals surface area contributed by atoms with Crippen LogP contribution in [0.15, 0.2) is 59.6 Å². The van der Waals surface area contributed by atoms with Crippen molar-refractivity contribution >= 4 is 27.5 Å². The van der Waals surface area contributed by atoms with Gasteiger partial charge in [-0.15, -0.1) is 0 Å². The molecule has 0 radical (unpaired) electrons. The summed E-state index contributed by atoms with van der Waals surface area (Å²) in [4.78, 5) is 10.2. The standard InChI is InChI=1S/C25H27F5N6O2S/c26-21-6-3-19(15-22(21)27)33-23-7-11-31-24(34-23)32-16-17-1-4-20(5-2-17)39(37,38)35-18-8-12-36(13-9-18)14-10-25(28,29)30/h1-7,11,15,18,35H,8-10,12-14,16H2,(H2,31,32,33,34). The molecule has 1 aliphatic heterocycles. The third kappa shape index (κ3) is 8.57. The summed E-state index contributed by atoms with van der Waals surface area (Å²) in [6.07, 6.45) is -2.73. The van der Waals surface area contributed by atoms with E-state index in [1.54, 1.807) is 23.1 Å². The van der Waals surface area contributed by atoms with Gasteiger partial charge in [0, 0.05) is 37.1 Å². The van der Waals surface area contributed by atoms with Crippen LogP contribution in [0.5, 0.6) is 0 Å². The number of rotatable bonds is 10. The van der Waals surface area contributed by atoms with Gasteiger partial charge in [0.05, 0.1) is 11.3 Å². The van der Waals surface area contributed by atoms with Crippen molar-refractivity contribution in [3.8, 4) is 0 Å². The summed E-state index contributed by atoms with van der Waals surface area (Å²) in [7, 11) is -3.79. The van der Waals surface area contributed by atoms with Crippen LogP contribution in [0.1, 0.15) is 24.8 Å². The van der Waals surface area contributed by atoms with E-state index in [0.29, 0.717) is 44.0 Å². The van der Waals surface area contributed by atoms with E-state index in [1.165, 1.54) is 24.4 Å². The number of piperidine rings is 1. The van der Waals surface area contributed by atoms with Crippen molar-refractivity contribution in [3.63, 3.8) is 0 Å². The Morgan fingerprint density at radius 2 is 1.69 bits per heavy atom. The number of hydrogen-bond acceptors (Lipinski definition) is 7. The molecule has 0 saturated carbocycles. The third-order valence-corrected chi connectivity index (χ3v) is 7.69. The molecule has 0 amide bonds. The lowest BCUT2D eigenvalue weighted by Crippen LogP contribution is -2.45. The molecule has 4 rings (SSSR count). The van der Waals surface area contributed by atoms with Crippen LogP contribution in [0.3, 0.4) is 0 Å². The maximum Gasteiger partial charge on any atom is 0.390 e. The van der Waals surface area contributed by atoms with Gasteiger partial charge >= 0.3 is 6.18 Å². The number of alkyl halides is 3. The molecule has 0 bridgehead atoms. The Bertz CT molecular complexity index is 1360. The fourth-order valence-corrected chi connectivity index (χ4v) is 5.35. The molecule has 2 aromatic carbocycles. The van der Waals surface area contributed by atoms with Gasteiger partial charge in [-0.05, 0) is 61.8 Å². The first-order chi connectivity index (χ1) is 18.5. The Balaban J connectivity index is 1.27. The molecule has 210 valence electrons. The molecular formula is C25H27F5N6O2S. The fraction of sp³-hybridized carbons (Fsp3) is 0.360. The van der Waals surface area contributed by atoms with Crippen LogP contribution >= 0.6 is 0 Å². The van der Waals surface area contributed by atoms with Crippen LogP contribution in [0.2, 0.25) is 0 Å². The predicted octanol–water partition coefficient (Wildman–Crippen LogP) is 4.81. The summed E-state index contributed by atoms with van der Waals surface area (Å²) in [6, 6.07) is 10.8. The maximum absolute atomic E-state index is 13.4. The molecule has 2 heterocycles. The minimum Gasteiger partial charge on any atom is -0.350 e. The Hall–Kier alpha value is -3.36.